The molecule has 0 saturated carbocycles. The van der Waals surface area contributed by atoms with Gasteiger partial charge >= 0.3 is 12.1 Å². The highest BCUT2D eigenvalue weighted by molar-refractivity contribution is 6.91. The number of amides is 1. The number of ether oxygens (including phenoxy) is 2. The Balaban J connectivity index is 1.72. The Bertz CT molecular complexity index is 2600. The van der Waals surface area contributed by atoms with Gasteiger partial charge < -0.3 is 24.4 Å². The number of pyridine rings is 1. The summed E-state index contributed by atoms with van der Waals surface area (Å²) < 4.78 is 47.0. The van der Waals surface area contributed by atoms with E-state index in [1.807, 2.05) is 44.7 Å². The van der Waals surface area contributed by atoms with Crippen molar-refractivity contribution in [3.05, 3.63) is 47.2 Å². The third-order valence-corrected chi connectivity index (χ3v) is 27.3. The number of carbonyl (C=O) groups excluding carboxylic acids is 1. The van der Waals surface area contributed by atoms with E-state index in [0.29, 0.717) is 41.6 Å². The number of phenols is 1. The van der Waals surface area contributed by atoms with Crippen LogP contribution in [0.25, 0.3) is 32.9 Å². The summed E-state index contributed by atoms with van der Waals surface area (Å²) in [7, 11) is -0.917. The number of nitrogens with zero attached hydrogens (tertiary/aromatic N) is 6. The Kier molecular flexibility index (Phi) is 15.7. The maximum atomic E-state index is 18.3. The Hall–Kier alpha value is -4.77. The minimum absolute atomic E-state index is 0.0165. The smallest absolute Gasteiger partial charge is 0.410 e. The lowest BCUT2D eigenvalue weighted by molar-refractivity contribution is 0.0122. The molecule has 6 rings (SSSR count). The fourth-order valence-electron chi connectivity index (χ4n) is 11.6. The van der Waals surface area contributed by atoms with Gasteiger partial charge in [0.1, 0.15) is 62.6 Å². The van der Waals surface area contributed by atoms with Crippen LogP contribution < -0.4 is 9.64 Å². The molecule has 14 heteroatoms. The number of rotatable bonds is 12. The third-order valence-electron chi connectivity index (χ3n) is 14.7. The Morgan fingerprint density at radius 1 is 0.809 bits per heavy atom. The van der Waals surface area contributed by atoms with Gasteiger partial charge in [-0.25, -0.2) is 18.6 Å². The van der Waals surface area contributed by atoms with E-state index in [2.05, 4.69) is 111 Å². The van der Waals surface area contributed by atoms with Crippen molar-refractivity contribution in [1.82, 2.24) is 24.8 Å². The number of phenolic OH excluding ortho intramolecular Hbond substituents is 1. The van der Waals surface area contributed by atoms with Crippen LogP contribution in [0, 0.1) is 34.6 Å². The number of carbonyl (C=O) groups is 1. The van der Waals surface area contributed by atoms with Crippen LogP contribution in [0.2, 0.25) is 33.2 Å². The molecular formula is C54H76F2N6O4Si2. The number of benzene rings is 2. The van der Waals surface area contributed by atoms with Crippen molar-refractivity contribution in [2.75, 3.05) is 45.2 Å². The molecular weight excluding hydrogens is 891 g/mol. The van der Waals surface area contributed by atoms with Crippen molar-refractivity contribution in [3.8, 4) is 45.9 Å². The van der Waals surface area contributed by atoms with Gasteiger partial charge in [0.25, 0.3) is 0 Å². The number of aromatic nitrogens is 3. The van der Waals surface area contributed by atoms with Gasteiger partial charge in [-0.2, -0.15) is 9.97 Å². The number of likely N-dealkylation sites (N-methyl/N-ethyl adjacent to an activating group) is 1. The fraction of sp³-hybridized carbons (Fsp3) is 0.593. The molecule has 2 unspecified atom stereocenters. The summed E-state index contributed by atoms with van der Waals surface area (Å²) in [4.78, 5) is 34.6. The van der Waals surface area contributed by atoms with E-state index in [-0.39, 0.29) is 97.8 Å². The molecule has 1 amide bonds. The fourth-order valence-corrected chi connectivity index (χ4v) is 22.1. The first-order valence-corrected chi connectivity index (χ1v) is 29.2. The number of hydrogen-bond donors (Lipinski definition) is 1. The molecule has 1 N–H and O–H groups in total. The highest BCUT2D eigenvalue weighted by Crippen LogP contribution is 2.45. The molecule has 0 aliphatic carbocycles. The first kappa shape index (κ1) is 52.6. The van der Waals surface area contributed by atoms with Gasteiger partial charge in [-0.05, 0) is 105 Å². The number of piperazine rings is 1. The normalized spacial score (nSPS) is 16.8. The van der Waals surface area contributed by atoms with Crippen LogP contribution in [-0.2, 0) is 4.74 Å². The molecule has 68 heavy (non-hydrogen) atoms. The van der Waals surface area contributed by atoms with E-state index in [1.54, 1.807) is 12.1 Å². The molecule has 4 aromatic rings. The third kappa shape index (κ3) is 10.1. The zero-order chi connectivity index (χ0) is 50.4. The lowest BCUT2D eigenvalue weighted by Gasteiger charge is -2.42. The van der Waals surface area contributed by atoms with Crippen molar-refractivity contribution < 1.29 is 28.2 Å². The SMILES string of the molecule is CC(C)[Si](C#Cc1c(F)ccc2cc(O)cc(-c3nc(C#C[Si](C(C)C)(C(C)C)C(C)C)c4c(N5CC6CCC(C5)N6C(=O)OC(C)(C)C)nc(OCCN(C)C)nc4c3F)c12)(C(C)C)C(C)C. The van der Waals surface area contributed by atoms with Crippen molar-refractivity contribution in [2.45, 2.75) is 168 Å². The molecule has 2 atom stereocenters. The second-order valence-electron chi connectivity index (χ2n) is 22.3. The average Bonchev–Trinajstić information content (AvgIpc) is 3.49. The van der Waals surface area contributed by atoms with Crippen molar-refractivity contribution >= 4 is 49.7 Å². The number of anilines is 1. The van der Waals surface area contributed by atoms with Crippen LogP contribution in [0.1, 0.15) is 128 Å². The van der Waals surface area contributed by atoms with Crippen molar-refractivity contribution in [1.29, 1.82) is 0 Å². The zero-order valence-electron chi connectivity index (χ0n) is 43.8. The number of halogens is 2. The van der Waals surface area contributed by atoms with Crippen LogP contribution in [-0.4, -0.2) is 110 Å². The van der Waals surface area contributed by atoms with Crippen LogP contribution >= 0.6 is 0 Å². The lowest BCUT2D eigenvalue weighted by Crippen LogP contribution is -2.57. The maximum Gasteiger partial charge on any atom is 0.410 e. The van der Waals surface area contributed by atoms with Crippen LogP contribution in [0.4, 0.5) is 19.4 Å². The largest absolute Gasteiger partial charge is 0.508 e. The van der Waals surface area contributed by atoms with E-state index >= 15 is 8.78 Å². The van der Waals surface area contributed by atoms with Gasteiger partial charge in [0.15, 0.2) is 5.82 Å². The van der Waals surface area contributed by atoms with Gasteiger partial charge in [-0.3, -0.25) is 4.90 Å². The van der Waals surface area contributed by atoms with E-state index in [4.69, 9.17) is 24.4 Å². The molecule has 0 radical (unpaired) electrons. The number of aromatic hydroxyl groups is 1. The standard InChI is InChI=1S/C54H76F2N6O4Si2/c1-32(2)67(33(3)4,34(5)6)26-22-42-44(55)21-18-38-28-41(63)29-43(46(38)42)49-48(56)50-47(45(57-49)23-27-68(35(7)8,36(9)10)37(11)12)51(59-52(58-50)65-25-24-60(16)17)61-30-39-19-20-40(31-61)62(39)53(64)66-54(13,14)15/h18,21,28-29,32-37,39-40,63H,19-20,24-25,30-31H2,1-17H3. The van der Waals surface area contributed by atoms with E-state index in [1.165, 1.54) is 12.1 Å². The highest BCUT2D eigenvalue weighted by atomic mass is 28.3. The molecule has 2 saturated heterocycles. The first-order valence-electron chi connectivity index (χ1n) is 24.7. The predicted molar refractivity (Wildman–Crippen MR) is 279 cm³/mol. The van der Waals surface area contributed by atoms with Gasteiger partial charge in [-0.1, -0.05) is 101 Å². The summed E-state index contributed by atoms with van der Waals surface area (Å²) in [6.45, 7) is 33.8. The molecule has 0 spiro atoms. The van der Waals surface area contributed by atoms with E-state index in [0.717, 1.165) is 12.8 Å². The first-order chi connectivity index (χ1) is 31.7. The van der Waals surface area contributed by atoms with Crippen LogP contribution in [0.15, 0.2) is 24.3 Å². The molecule has 2 aromatic carbocycles. The van der Waals surface area contributed by atoms with Gasteiger partial charge in [0.05, 0.1) is 23.0 Å². The molecule has 4 heterocycles. The molecule has 10 nitrogen and oxygen atoms in total. The van der Waals surface area contributed by atoms with Gasteiger partial charge in [0.2, 0.25) is 0 Å². The van der Waals surface area contributed by atoms with Gasteiger partial charge in [0, 0.05) is 30.6 Å². The lowest BCUT2D eigenvalue weighted by atomic mass is 9.95. The summed E-state index contributed by atoms with van der Waals surface area (Å²) in [5, 5.41) is 12.5. The maximum absolute atomic E-state index is 18.3. The van der Waals surface area contributed by atoms with E-state index in [9.17, 15) is 9.90 Å². The zero-order valence-corrected chi connectivity index (χ0v) is 45.8. The second-order valence-corrected chi connectivity index (χ2v) is 33.5. The molecule has 2 aromatic heterocycles. The minimum Gasteiger partial charge on any atom is -0.508 e. The Morgan fingerprint density at radius 2 is 1.35 bits per heavy atom. The minimum atomic E-state index is -2.42. The Morgan fingerprint density at radius 3 is 1.87 bits per heavy atom. The average molecular weight is 967 g/mol. The topological polar surface area (TPSA) is 104 Å². The summed E-state index contributed by atoms with van der Waals surface area (Å²) in [6, 6.07) is 5.57. The summed E-state index contributed by atoms with van der Waals surface area (Å²) in [6.07, 6.45) is 1.19. The number of hydrogen-bond acceptors (Lipinski definition) is 9. The van der Waals surface area contributed by atoms with Crippen LogP contribution in [0.5, 0.6) is 11.8 Å². The van der Waals surface area contributed by atoms with Crippen molar-refractivity contribution in [3.63, 3.8) is 0 Å². The molecule has 368 valence electrons. The van der Waals surface area contributed by atoms with Gasteiger partial charge in [-0.15, -0.1) is 11.1 Å². The molecule has 2 aliphatic rings. The highest BCUT2D eigenvalue weighted by Gasteiger charge is 2.46. The second kappa shape index (κ2) is 20.3. The monoisotopic (exact) mass is 967 g/mol. The molecule has 2 aliphatic heterocycles. The molecule has 2 bridgehead atoms. The quantitative estimate of drug-likeness (QED) is 0.110. The Labute approximate surface area is 407 Å². The van der Waals surface area contributed by atoms with Crippen molar-refractivity contribution in [2.24, 2.45) is 0 Å². The number of fused-ring (bicyclic) bond motifs is 4. The van der Waals surface area contributed by atoms with E-state index < -0.39 is 33.4 Å². The molecule has 2 fully saturated rings. The summed E-state index contributed by atoms with van der Waals surface area (Å²) in [5.74, 6) is 5.86. The van der Waals surface area contributed by atoms with Crippen LogP contribution in [0.3, 0.4) is 0 Å². The summed E-state index contributed by atoms with van der Waals surface area (Å²) >= 11 is 0. The predicted octanol–water partition coefficient (Wildman–Crippen LogP) is 12.5. The summed E-state index contributed by atoms with van der Waals surface area (Å²) in [5.41, 5.74) is 8.96.